The quantitative estimate of drug-likeness (QED) is 0.854. The second-order valence-corrected chi connectivity index (χ2v) is 7.32. The molecule has 0 aromatic heterocycles. The van der Waals surface area contributed by atoms with E-state index in [1.54, 1.807) is 12.1 Å². The van der Waals surface area contributed by atoms with E-state index in [4.69, 9.17) is 9.47 Å². The molecule has 2 unspecified atom stereocenters. The third-order valence-electron chi connectivity index (χ3n) is 3.64. The molecule has 0 bridgehead atoms. The van der Waals surface area contributed by atoms with Gasteiger partial charge in [0.25, 0.3) is 0 Å². The zero-order valence-corrected chi connectivity index (χ0v) is 13.8. The van der Waals surface area contributed by atoms with E-state index in [1.807, 2.05) is 26.8 Å². The highest BCUT2D eigenvalue weighted by Crippen LogP contribution is 2.29. The molecule has 1 aliphatic heterocycles. The maximum atomic E-state index is 12.9. The predicted molar refractivity (Wildman–Crippen MR) is 81.1 cm³/mol. The van der Waals surface area contributed by atoms with Crippen molar-refractivity contribution in [1.82, 2.24) is 4.31 Å². The largest absolute Gasteiger partial charge is 0.495 e. The van der Waals surface area contributed by atoms with Crippen LogP contribution in [-0.4, -0.2) is 45.1 Å². The Labute approximate surface area is 126 Å². The third kappa shape index (κ3) is 3.39. The van der Waals surface area contributed by atoms with Gasteiger partial charge in [-0.25, -0.2) is 8.42 Å². The molecule has 1 aromatic carbocycles. The fourth-order valence-corrected chi connectivity index (χ4v) is 4.41. The van der Waals surface area contributed by atoms with Gasteiger partial charge in [0, 0.05) is 13.1 Å². The number of hydrogen-bond donors (Lipinski definition) is 0. The summed E-state index contributed by atoms with van der Waals surface area (Å²) in [6.45, 7) is 6.51. The van der Waals surface area contributed by atoms with Crippen molar-refractivity contribution in [3.8, 4) is 5.75 Å². The number of hydrogen-bond acceptors (Lipinski definition) is 4. The average Bonchev–Trinajstić information content (AvgIpc) is 2.45. The van der Waals surface area contributed by atoms with Gasteiger partial charge in [0.1, 0.15) is 10.6 Å². The molecule has 1 heterocycles. The first-order chi connectivity index (χ1) is 9.88. The summed E-state index contributed by atoms with van der Waals surface area (Å²) in [5.41, 5.74) is 0.976. The lowest BCUT2D eigenvalue weighted by Gasteiger charge is -2.34. The van der Waals surface area contributed by atoms with E-state index < -0.39 is 10.0 Å². The van der Waals surface area contributed by atoms with Crippen LogP contribution in [-0.2, 0) is 21.2 Å². The number of morpholine rings is 1. The van der Waals surface area contributed by atoms with Crippen LogP contribution in [0.5, 0.6) is 5.75 Å². The molecular formula is C15H23NO4S. The van der Waals surface area contributed by atoms with Crippen molar-refractivity contribution in [3.05, 3.63) is 23.8 Å². The van der Waals surface area contributed by atoms with Crippen LogP contribution in [0.3, 0.4) is 0 Å². The molecule has 0 spiro atoms. The lowest BCUT2D eigenvalue weighted by atomic mass is 10.2. The molecular weight excluding hydrogens is 290 g/mol. The van der Waals surface area contributed by atoms with Gasteiger partial charge >= 0.3 is 0 Å². The highest BCUT2D eigenvalue weighted by Gasteiger charge is 2.34. The molecule has 2 rings (SSSR count). The number of nitrogens with zero attached hydrogens (tertiary/aromatic N) is 1. The molecule has 0 saturated carbocycles. The SMILES string of the molecule is CCc1ccc(OC)c(S(=O)(=O)N2CC(C)OC(C)C2)c1. The van der Waals surface area contributed by atoms with Crippen LogP contribution in [0, 0.1) is 0 Å². The summed E-state index contributed by atoms with van der Waals surface area (Å²) < 4.78 is 38.2. The molecule has 1 fully saturated rings. The molecule has 6 heteroatoms. The lowest BCUT2D eigenvalue weighted by Crippen LogP contribution is -2.48. The van der Waals surface area contributed by atoms with Crippen molar-refractivity contribution in [3.63, 3.8) is 0 Å². The van der Waals surface area contributed by atoms with Crippen LogP contribution in [0.25, 0.3) is 0 Å². The van der Waals surface area contributed by atoms with Gasteiger partial charge in [-0.15, -0.1) is 0 Å². The Kier molecular flexibility index (Phi) is 4.91. The summed E-state index contributed by atoms with van der Waals surface area (Å²) in [5, 5.41) is 0. The standard InChI is InChI=1S/C15H23NO4S/c1-5-13-6-7-14(19-4)15(8-13)21(17,18)16-9-11(2)20-12(3)10-16/h6-8,11-12H,5,9-10H2,1-4H3. The minimum atomic E-state index is -3.57. The van der Waals surface area contributed by atoms with E-state index in [9.17, 15) is 8.42 Å². The monoisotopic (exact) mass is 313 g/mol. The van der Waals surface area contributed by atoms with Crippen LogP contribution in [0.2, 0.25) is 0 Å². The van der Waals surface area contributed by atoms with Crippen LogP contribution in [0.4, 0.5) is 0 Å². The normalized spacial score (nSPS) is 24.0. The molecule has 0 aliphatic carbocycles. The van der Waals surface area contributed by atoms with E-state index in [0.717, 1.165) is 12.0 Å². The van der Waals surface area contributed by atoms with E-state index in [-0.39, 0.29) is 17.1 Å². The Bertz CT molecular complexity index is 590. The number of rotatable bonds is 4. The Morgan fingerprint density at radius 1 is 1.29 bits per heavy atom. The second-order valence-electron chi connectivity index (χ2n) is 5.42. The van der Waals surface area contributed by atoms with Crippen molar-refractivity contribution in [2.45, 2.75) is 44.3 Å². The molecule has 1 aliphatic rings. The number of aryl methyl sites for hydroxylation is 1. The van der Waals surface area contributed by atoms with Gasteiger partial charge in [-0.2, -0.15) is 4.31 Å². The topological polar surface area (TPSA) is 55.8 Å². The zero-order valence-electron chi connectivity index (χ0n) is 13.0. The van der Waals surface area contributed by atoms with Gasteiger partial charge in [0.2, 0.25) is 10.0 Å². The van der Waals surface area contributed by atoms with E-state index in [2.05, 4.69) is 0 Å². The van der Waals surface area contributed by atoms with Crippen molar-refractivity contribution in [2.75, 3.05) is 20.2 Å². The molecule has 5 nitrogen and oxygen atoms in total. The predicted octanol–water partition coefficient (Wildman–Crippen LogP) is 2.06. The number of sulfonamides is 1. The minimum Gasteiger partial charge on any atom is -0.495 e. The summed E-state index contributed by atoms with van der Waals surface area (Å²) in [6.07, 6.45) is 0.565. The molecule has 118 valence electrons. The number of ether oxygens (including phenoxy) is 2. The molecule has 0 radical (unpaired) electrons. The Hall–Kier alpha value is -1.11. The van der Waals surface area contributed by atoms with E-state index in [1.165, 1.54) is 11.4 Å². The fourth-order valence-electron chi connectivity index (χ4n) is 2.61. The first kappa shape index (κ1) is 16.3. The van der Waals surface area contributed by atoms with Gasteiger partial charge in [-0.3, -0.25) is 0 Å². The highest BCUT2D eigenvalue weighted by molar-refractivity contribution is 7.89. The summed E-state index contributed by atoms with van der Waals surface area (Å²) >= 11 is 0. The van der Waals surface area contributed by atoms with Gasteiger partial charge in [-0.1, -0.05) is 13.0 Å². The van der Waals surface area contributed by atoms with E-state index in [0.29, 0.717) is 18.8 Å². The summed E-state index contributed by atoms with van der Waals surface area (Å²) in [7, 11) is -2.08. The van der Waals surface area contributed by atoms with Gasteiger partial charge in [0.15, 0.2) is 0 Å². The average molecular weight is 313 g/mol. The van der Waals surface area contributed by atoms with Crippen LogP contribution >= 0.6 is 0 Å². The van der Waals surface area contributed by atoms with Crippen LogP contribution in [0.15, 0.2) is 23.1 Å². The zero-order chi connectivity index (χ0) is 15.6. The van der Waals surface area contributed by atoms with Crippen LogP contribution in [0.1, 0.15) is 26.3 Å². The smallest absolute Gasteiger partial charge is 0.246 e. The van der Waals surface area contributed by atoms with Gasteiger partial charge in [-0.05, 0) is 38.0 Å². The maximum Gasteiger partial charge on any atom is 0.246 e. The minimum absolute atomic E-state index is 0.108. The van der Waals surface area contributed by atoms with Gasteiger partial charge in [0.05, 0.1) is 19.3 Å². The second kappa shape index (κ2) is 6.34. The third-order valence-corrected chi connectivity index (χ3v) is 5.49. The lowest BCUT2D eigenvalue weighted by molar-refractivity contribution is -0.0441. The number of methoxy groups -OCH3 is 1. The Balaban J connectivity index is 2.43. The molecule has 1 aromatic rings. The molecule has 0 amide bonds. The molecule has 1 saturated heterocycles. The van der Waals surface area contributed by atoms with E-state index >= 15 is 0 Å². The molecule has 2 atom stereocenters. The van der Waals surface area contributed by atoms with Crippen molar-refractivity contribution < 1.29 is 17.9 Å². The summed E-state index contributed by atoms with van der Waals surface area (Å²) in [6, 6.07) is 5.32. The van der Waals surface area contributed by atoms with Gasteiger partial charge < -0.3 is 9.47 Å². The van der Waals surface area contributed by atoms with Crippen molar-refractivity contribution in [2.24, 2.45) is 0 Å². The molecule has 0 N–H and O–H groups in total. The summed E-state index contributed by atoms with van der Waals surface area (Å²) in [5.74, 6) is 0.388. The maximum absolute atomic E-state index is 12.9. The first-order valence-electron chi connectivity index (χ1n) is 7.21. The Morgan fingerprint density at radius 2 is 1.90 bits per heavy atom. The van der Waals surface area contributed by atoms with Crippen molar-refractivity contribution in [1.29, 1.82) is 0 Å². The highest BCUT2D eigenvalue weighted by atomic mass is 32.2. The summed E-state index contributed by atoms with van der Waals surface area (Å²) in [4.78, 5) is 0.241. The molecule has 21 heavy (non-hydrogen) atoms. The fraction of sp³-hybridized carbons (Fsp3) is 0.600. The first-order valence-corrected chi connectivity index (χ1v) is 8.65. The Morgan fingerprint density at radius 3 is 2.43 bits per heavy atom. The van der Waals surface area contributed by atoms with Crippen LogP contribution < -0.4 is 4.74 Å². The van der Waals surface area contributed by atoms with Crippen molar-refractivity contribution >= 4 is 10.0 Å². The number of benzene rings is 1.